The highest BCUT2D eigenvalue weighted by Crippen LogP contribution is 2.22. The van der Waals surface area contributed by atoms with Crippen LogP contribution >= 0.6 is 15.9 Å². The van der Waals surface area contributed by atoms with Gasteiger partial charge in [-0.15, -0.1) is 0 Å². The Bertz CT molecular complexity index is 679. The first kappa shape index (κ1) is 15.1. The number of hydrogen-bond donors (Lipinski definition) is 0. The minimum Gasteiger partial charge on any atom is -0.269 e. The summed E-state index contributed by atoms with van der Waals surface area (Å²) in [4.78, 5) is 0.297. The summed E-state index contributed by atoms with van der Waals surface area (Å²) in [5.41, 5.74) is 2.79. The zero-order valence-electron chi connectivity index (χ0n) is 11.4. The third-order valence-electron chi connectivity index (χ3n) is 3.13. The third-order valence-corrected chi connectivity index (χ3v) is 5.58. The predicted octanol–water partition coefficient (Wildman–Crippen LogP) is 3.72. The fraction of sp³-hybridized carbons (Fsp3) is 0.200. The molecule has 2 rings (SSSR count). The van der Waals surface area contributed by atoms with E-state index in [4.69, 9.17) is 0 Å². The van der Waals surface area contributed by atoms with Crippen molar-refractivity contribution in [2.24, 2.45) is 0 Å². The van der Waals surface area contributed by atoms with Crippen molar-refractivity contribution in [2.45, 2.75) is 17.1 Å². The quantitative estimate of drug-likeness (QED) is 0.785. The lowest BCUT2D eigenvalue weighted by molar-refractivity contribution is 0.594. The van der Waals surface area contributed by atoms with Gasteiger partial charge in [0.15, 0.2) is 0 Å². The Morgan fingerprint density at radius 1 is 1.00 bits per heavy atom. The first-order valence-electron chi connectivity index (χ1n) is 6.15. The van der Waals surface area contributed by atoms with Gasteiger partial charge in [-0.2, -0.15) is 0 Å². The second-order valence-electron chi connectivity index (χ2n) is 4.59. The molecule has 0 bridgehead atoms. The van der Waals surface area contributed by atoms with Crippen LogP contribution in [-0.2, 0) is 15.4 Å². The van der Waals surface area contributed by atoms with Crippen molar-refractivity contribution in [3.05, 3.63) is 59.7 Å². The molecule has 0 N–H and O–H groups in total. The largest absolute Gasteiger partial charge is 0.269 e. The normalized spacial score (nSPS) is 11.3. The van der Waals surface area contributed by atoms with Crippen LogP contribution in [-0.4, -0.2) is 15.5 Å². The highest BCUT2D eigenvalue weighted by Gasteiger charge is 2.20. The summed E-state index contributed by atoms with van der Waals surface area (Å²) >= 11 is 3.35. The van der Waals surface area contributed by atoms with E-state index >= 15 is 0 Å². The van der Waals surface area contributed by atoms with Crippen LogP contribution in [0.4, 0.5) is 5.69 Å². The van der Waals surface area contributed by atoms with Crippen LogP contribution < -0.4 is 4.31 Å². The molecule has 3 nitrogen and oxygen atoms in total. The molecule has 20 heavy (non-hydrogen) atoms. The van der Waals surface area contributed by atoms with Crippen LogP contribution in [0.2, 0.25) is 0 Å². The molecule has 0 aliphatic rings. The average Bonchev–Trinajstić information content (AvgIpc) is 2.47. The average molecular weight is 354 g/mol. The van der Waals surface area contributed by atoms with Gasteiger partial charge in [0.1, 0.15) is 0 Å². The Kier molecular flexibility index (Phi) is 4.50. The van der Waals surface area contributed by atoms with Gasteiger partial charge in [-0.1, -0.05) is 45.8 Å². The lowest BCUT2D eigenvalue weighted by atomic mass is 10.2. The lowest BCUT2D eigenvalue weighted by Gasteiger charge is -2.19. The number of hydrogen-bond acceptors (Lipinski definition) is 2. The Morgan fingerprint density at radius 2 is 1.55 bits per heavy atom. The summed E-state index contributed by atoms with van der Waals surface area (Å²) in [6.45, 7) is 1.97. The van der Waals surface area contributed by atoms with Crippen LogP contribution in [0.25, 0.3) is 0 Å². The van der Waals surface area contributed by atoms with E-state index in [0.717, 1.165) is 11.1 Å². The van der Waals surface area contributed by atoms with E-state index in [0.29, 0.717) is 15.9 Å². The highest BCUT2D eigenvalue weighted by molar-refractivity contribution is 9.08. The van der Waals surface area contributed by atoms with Crippen LogP contribution in [0.15, 0.2) is 53.4 Å². The molecule has 0 aliphatic carbocycles. The first-order valence-corrected chi connectivity index (χ1v) is 8.72. The molecular formula is C15H16BrNO2S. The molecule has 0 radical (unpaired) electrons. The van der Waals surface area contributed by atoms with Gasteiger partial charge >= 0.3 is 0 Å². The van der Waals surface area contributed by atoms with E-state index in [1.807, 2.05) is 31.2 Å². The van der Waals surface area contributed by atoms with Gasteiger partial charge in [0.2, 0.25) is 0 Å². The SMILES string of the molecule is Cc1ccc(N(C)S(=O)(=O)c2ccc(CBr)cc2)cc1. The fourth-order valence-corrected chi connectivity index (χ4v) is 3.37. The van der Waals surface area contributed by atoms with E-state index < -0.39 is 10.0 Å². The molecule has 0 fully saturated rings. The summed E-state index contributed by atoms with van der Waals surface area (Å²) in [5, 5.41) is 0.709. The van der Waals surface area contributed by atoms with Crippen LogP contribution in [0.3, 0.4) is 0 Å². The Hall–Kier alpha value is -1.33. The number of nitrogens with zero attached hydrogens (tertiary/aromatic N) is 1. The lowest BCUT2D eigenvalue weighted by Crippen LogP contribution is -2.26. The zero-order chi connectivity index (χ0) is 14.8. The summed E-state index contributed by atoms with van der Waals surface area (Å²) in [6, 6.07) is 14.3. The summed E-state index contributed by atoms with van der Waals surface area (Å²) < 4.78 is 26.4. The standard InChI is InChI=1S/C15H16BrNO2S/c1-12-3-7-14(8-4-12)17(2)20(18,19)15-9-5-13(11-16)6-10-15/h3-10H,11H2,1-2H3. The van der Waals surface area contributed by atoms with Gasteiger partial charge in [0.25, 0.3) is 10.0 Å². The zero-order valence-corrected chi connectivity index (χ0v) is 13.8. The number of alkyl halides is 1. The van der Waals surface area contributed by atoms with Crippen LogP contribution in [0.5, 0.6) is 0 Å². The molecule has 0 heterocycles. The number of anilines is 1. The molecule has 5 heteroatoms. The van der Waals surface area contributed by atoms with Crippen LogP contribution in [0, 0.1) is 6.92 Å². The molecule has 0 spiro atoms. The maximum absolute atomic E-state index is 12.5. The highest BCUT2D eigenvalue weighted by atomic mass is 79.9. The van der Waals surface area contributed by atoms with Gasteiger partial charge in [-0.05, 0) is 36.8 Å². The Labute approximate surface area is 128 Å². The second-order valence-corrected chi connectivity index (χ2v) is 7.12. The third kappa shape index (κ3) is 3.04. The van der Waals surface area contributed by atoms with E-state index in [1.54, 1.807) is 31.3 Å². The molecule has 0 saturated carbocycles. The molecule has 0 unspecified atom stereocenters. The number of aryl methyl sites for hydroxylation is 1. The number of rotatable bonds is 4. The molecule has 2 aromatic rings. The van der Waals surface area contributed by atoms with E-state index in [2.05, 4.69) is 15.9 Å². The Morgan fingerprint density at radius 3 is 2.05 bits per heavy atom. The maximum Gasteiger partial charge on any atom is 0.264 e. The van der Waals surface area contributed by atoms with Gasteiger partial charge in [-0.25, -0.2) is 8.42 Å². The predicted molar refractivity (Wildman–Crippen MR) is 85.8 cm³/mol. The molecule has 0 amide bonds. The van der Waals surface area contributed by atoms with E-state index in [-0.39, 0.29) is 0 Å². The van der Waals surface area contributed by atoms with Crippen molar-refractivity contribution in [1.82, 2.24) is 0 Å². The van der Waals surface area contributed by atoms with Gasteiger partial charge in [0, 0.05) is 12.4 Å². The van der Waals surface area contributed by atoms with Crippen LogP contribution in [0.1, 0.15) is 11.1 Å². The van der Waals surface area contributed by atoms with E-state index in [1.165, 1.54) is 4.31 Å². The summed E-state index contributed by atoms with van der Waals surface area (Å²) in [7, 11) is -1.94. The molecule has 0 atom stereocenters. The second kappa shape index (κ2) is 5.97. The maximum atomic E-state index is 12.5. The van der Waals surface area contributed by atoms with Gasteiger partial charge < -0.3 is 0 Å². The smallest absolute Gasteiger partial charge is 0.264 e. The van der Waals surface area contributed by atoms with Crippen molar-refractivity contribution in [3.63, 3.8) is 0 Å². The van der Waals surface area contributed by atoms with E-state index in [9.17, 15) is 8.42 Å². The number of sulfonamides is 1. The summed E-state index contributed by atoms with van der Waals surface area (Å²) in [5.74, 6) is 0. The minimum atomic E-state index is -3.51. The van der Waals surface area contributed by atoms with Crippen molar-refractivity contribution in [2.75, 3.05) is 11.4 Å². The number of benzene rings is 2. The molecular weight excluding hydrogens is 338 g/mol. The van der Waals surface area contributed by atoms with Crippen molar-refractivity contribution in [3.8, 4) is 0 Å². The topological polar surface area (TPSA) is 37.4 Å². The molecule has 0 saturated heterocycles. The fourth-order valence-electron chi connectivity index (χ4n) is 1.80. The van der Waals surface area contributed by atoms with Gasteiger partial charge in [-0.3, -0.25) is 4.31 Å². The number of halogens is 1. The Balaban J connectivity index is 2.35. The monoisotopic (exact) mass is 353 g/mol. The van der Waals surface area contributed by atoms with Crippen molar-refractivity contribution < 1.29 is 8.42 Å². The molecule has 106 valence electrons. The van der Waals surface area contributed by atoms with Crippen molar-refractivity contribution in [1.29, 1.82) is 0 Å². The minimum absolute atomic E-state index is 0.297. The van der Waals surface area contributed by atoms with Gasteiger partial charge in [0.05, 0.1) is 10.6 Å². The first-order chi connectivity index (χ1) is 9.45. The molecule has 0 aromatic heterocycles. The molecule has 2 aromatic carbocycles. The van der Waals surface area contributed by atoms with Crippen molar-refractivity contribution >= 4 is 31.6 Å². The summed E-state index contributed by atoms with van der Waals surface area (Å²) in [6.07, 6.45) is 0. The molecule has 0 aliphatic heterocycles.